The van der Waals surface area contributed by atoms with Gasteiger partial charge in [-0.1, -0.05) is 0 Å². The summed E-state index contributed by atoms with van der Waals surface area (Å²) in [6.45, 7) is 0.780. The molecule has 2 atom stereocenters. The number of hydrogen-bond donors (Lipinski definition) is 2. The van der Waals surface area contributed by atoms with Gasteiger partial charge in [0.15, 0.2) is 0 Å². The largest absolute Gasteiger partial charge is 0.442 e. The fourth-order valence-electron chi connectivity index (χ4n) is 0.822. The molecule has 10 heavy (non-hydrogen) atoms. The van der Waals surface area contributed by atoms with Crippen molar-refractivity contribution in [2.45, 2.75) is 12.1 Å². The Kier molecular flexibility index (Phi) is 2.08. The number of amides is 1. The van der Waals surface area contributed by atoms with Gasteiger partial charge in [-0.15, -0.1) is 0 Å². The molecular weight excluding hydrogens is 136 g/mol. The normalized spacial score (nSPS) is 32.1. The van der Waals surface area contributed by atoms with Gasteiger partial charge in [0, 0.05) is 0 Å². The highest BCUT2D eigenvalue weighted by Gasteiger charge is 2.27. The first-order valence-corrected chi connectivity index (χ1v) is 2.99. The molecule has 0 bridgehead atoms. The van der Waals surface area contributed by atoms with Crippen molar-refractivity contribution < 1.29 is 14.3 Å². The van der Waals surface area contributed by atoms with Crippen LogP contribution in [0.5, 0.6) is 0 Å². The van der Waals surface area contributed by atoms with Crippen LogP contribution >= 0.6 is 0 Å². The summed E-state index contributed by atoms with van der Waals surface area (Å²) in [5, 5.41) is 0. The fraction of sp³-hybridized carbons (Fsp3) is 0.800. The monoisotopic (exact) mass is 146 g/mol. The molecule has 1 aliphatic rings. The van der Waals surface area contributed by atoms with Crippen LogP contribution in [0.1, 0.15) is 0 Å². The van der Waals surface area contributed by atoms with Gasteiger partial charge in [0.25, 0.3) is 0 Å². The molecule has 0 aliphatic carbocycles. The van der Waals surface area contributed by atoms with Gasteiger partial charge in [0.2, 0.25) is 0 Å². The standard InChI is InChI=1S/C5H10N2O3/c6-3-1-9-2-4(3)10-5(7)8/h3-4H,1-2,6H2,(H2,7,8)/t3-,4-/m0/s1. The lowest BCUT2D eigenvalue weighted by Crippen LogP contribution is -2.37. The Labute approximate surface area is 58.3 Å². The van der Waals surface area contributed by atoms with Gasteiger partial charge in [0.1, 0.15) is 6.10 Å². The van der Waals surface area contributed by atoms with E-state index in [2.05, 4.69) is 4.74 Å². The van der Waals surface area contributed by atoms with Gasteiger partial charge in [0.05, 0.1) is 19.3 Å². The first-order chi connectivity index (χ1) is 4.70. The SMILES string of the molecule is NC(=O)O[C@H]1COC[C@@H]1N. The molecule has 5 nitrogen and oxygen atoms in total. The molecule has 0 spiro atoms. The van der Waals surface area contributed by atoms with E-state index in [4.69, 9.17) is 16.2 Å². The maximum Gasteiger partial charge on any atom is 0.404 e. The molecule has 0 radical (unpaired) electrons. The maximum absolute atomic E-state index is 10.2. The lowest BCUT2D eigenvalue weighted by Gasteiger charge is -2.11. The third-order valence-corrected chi connectivity index (χ3v) is 1.34. The van der Waals surface area contributed by atoms with E-state index < -0.39 is 6.09 Å². The summed E-state index contributed by atoms with van der Waals surface area (Å²) in [6, 6.07) is -0.229. The van der Waals surface area contributed by atoms with Crippen LogP contribution in [-0.2, 0) is 9.47 Å². The van der Waals surface area contributed by atoms with Crippen molar-refractivity contribution in [1.29, 1.82) is 0 Å². The van der Waals surface area contributed by atoms with E-state index in [1.54, 1.807) is 0 Å². The number of carbonyl (C=O) groups is 1. The summed E-state index contributed by atoms with van der Waals surface area (Å²) < 4.78 is 9.52. The topological polar surface area (TPSA) is 87.6 Å². The van der Waals surface area contributed by atoms with Crippen molar-refractivity contribution >= 4 is 6.09 Å². The van der Waals surface area contributed by atoms with Crippen LogP contribution in [0.3, 0.4) is 0 Å². The van der Waals surface area contributed by atoms with Gasteiger partial charge < -0.3 is 20.9 Å². The molecule has 1 amide bonds. The summed E-state index contributed by atoms with van der Waals surface area (Å²) in [4.78, 5) is 10.2. The third-order valence-electron chi connectivity index (χ3n) is 1.34. The Morgan fingerprint density at radius 3 is 2.70 bits per heavy atom. The molecule has 0 aromatic heterocycles. The van der Waals surface area contributed by atoms with Crippen LogP contribution in [0.15, 0.2) is 0 Å². The van der Waals surface area contributed by atoms with Crippen molar-refractivity contribution in [2.24, 2.45) is 11.5 Å². The fourth-order valence-corrected chi connectivity index (χ4v) is 0.822. The van der Waals surface area contributed by atoms with E-state index in [1.807, 2.05) is 0 Å². The lowest BCUT2D eigenvalue weighted by molar-refractivity contribution is 0.0867. The van der Waals surface area contributed by atoms with E-state index in [0.717, 1.165) is 0 Å². The highest BCUT2D eigenvalue weighted by atomic mass is 16.6. The minimum Gasteiger partial charge on any atom is -0.442 e. The van der Waals surface area contributed by atoms with Crippen LogP contribution in [0.25, 0.3) is 0 Å². The van der Waals surface area contributed by atoms with E-state index in [0.29, 0.717) is 13.2 Å². The van der Waals surface area contributed by atoms with Crippen LogP contribution < -0.4 is 11.5 Å². The minimum absolute atomic E-state index is 0.229. The first-order valence-electron chi connectivity index (χ1n) is 2.99. The van der Waals surface area contributed by atoms with E-state index in [-0.39, 0.29) is 12.1 Å². The maximum atomic E-state index is 10.2. The number of rotatable bonds is 1. The van der Waals surface area contributed by atoms with Crippen molar-refractivity contribution in [1.82, 2.24) is 0 Å². The van der Waals surface area contributed by atoms with Crippen LogP contribution in [-0.4, -0.2) is 31.5 Å². The van der Waals surface area contributed by atoms with Crippen molar-refractivity contribution in [3.8, 4) is 0 Å². The van der Waals surface area contributed by atoms with Crippen molar-refractivity contribution in [3.63, 3.8) is 0 Å². The van der Waals surface area contributed by atoms with Crippen LogP contribution in [0.2, 0.25) is 0 Å². The van der Waals surface area contributed by atoms with E-state index in [1.165, 1.54) is 0 Å². The molecule has 0 aromatic carbocycles. The zero-order valence-corrected chi connectivity index (χ0v) is 5.45. The lowest BCUT2D eigenvalue weighted by atomic mass is 10.2. The molecule has 58 valence electrons. The molecule has 0 saturated carbocycles. The molecule has 1 aliphatic heterocycles. The Balaban J connectivity index is 2.33. The summed E-state index contributed by atoms with van der Waals surface area (Å²) in [5.41, 5.74) is 10.2. The Hall–Kier alpha value is -0.810. The van der Waals surface area contributed by atoms with E-state index in [9.17, 15) is 4.79 Å². The molecule has 5 heteroatoms. The molecular formula is C5H10N2O3. The van der Waals surface area contributed by atoms with Gasteiger partial charge >= 0.3 is 6.09 Å². The smallest absolute Gasteiger partial charge is 0.404 e. The quantitative estimate of drug-likeness (QED) is 0.486. The molecule has 0 aromatic rings. The Morgan fingerprint density at radius 1 is 1.60 bits per heavy atom. The third kappa shape index (κ3) is 1.58. The predicted molar refractivity (Wildman–Crippen MR) is 33.3 cm³/mol. The molecule has 1 rings (SSSR count). The zero-order chi connectivity index (χ0) is 7.56. The molecule has 0 unspecified atom stereocenters. The average molecular weight is 146 g/mol. The van der Waals surface area contributed by atoms with E-state index >= 15 is 0 Å². The zero-order valence-electron chi connectivity index (χ0n) is 5.45. The molecule has 1 fully saturated rings. The summed E-state index contributed by atoms with van der Waals surface area (Å²) >= 11 is 0. The Morgan fingerprint density at radius 2 is 2.30 bits per heavy atom. The minimum atomic E-state index is -0.800. The second-order valence-corrected chi connectivity index (χ2v) is 2.18. The predicted octanol–water partition coefficient (Wildman–Crippen LogP) is -1.19. The van der Waals surface area contributed by atoms with Crippen molar-refractivity contribution in [2.75, 3.05) is 13.2 Å². The highest BCUT2D eigenvalue weighted by molar-refractivity contribution is 5.64. The van der Waals surface area contributed by atoms with Gasteiger partial charge in [-0.25, -0.2) is 4.79 Å². The number of hydrogen-bond acceptors (Lipinski definition) is 4. The second-order valence-electron chi connectivity index (χ2n) is 2.18. The average Bonchev–Trinajstić information content (AvgIpc) is 2.15. The van der Waals surface area contributed by atoms with Gasteiger partial charge in [-0.3, -0.25) is 0 Å². The number of primary amides is 1. The molecule has 1 heterocycles. The number of carbonyl (C=O) groups excluding carboxylic acids is 1. The van der Waals surface area contributed by atoms with Crippen LogP contribution in [0, 0.1) is 0 Å². The van der Waals surface area contributed by atoms with Crippen molar-refractivity contribution in [3.05, 3.63) is 0 Å². The number of nitrogens with two attached hydrogens (primary N) is 2. The highest BCUT2D eigenvalue weighted by Crippen LogP contribution is 2.06. The van der Waals surface area contributed by atoms with Gasteiger partial charge in [-0.05, 0) is 0 Å². The summed E-state index contributed by atoms with van der Waals surface area (Å²) in [6.07, 6.45) is -1.16. The van der Waals surface area contributed by atoms with Crippen LogP contribution in [0.4, 0.5) is 4.79 Å². The molecule has 1 saturated heterocycles. The first kappa shape index (κ1) is 7.30. The summed E-state index contributed by atoms with van der Waals surface area (Å²) in [5.74, 6) is 0. The number of ether oxygens (including phenoxy) is 2. The Bertz CT molecular complexity index is 139. The van der Waals surface area contributed by atoms with Gasteiger partial charge in [-0.2, -0.15) is 0 Å². The summed E-state index contributed by atoms with van der Waals surface area (Å²) in [7, 11) is 0. The second kappa shape index (κ2) is 2.85. The molecule has 4 N–H and O–H groups in total.